The number of nitrogens with one attached hydrogen (secondary N) is 1. The molecular formula is C25H25F4N7O2. The first-order valence-corrected chi connectivity index (χ1v) is 12.2. The molecule has 9 nitrogen and oxygen atoms in total. The van der Waals surface area contributed by atoms with Crippen LogP contribution in [0.25, 0.3) is 22.3 Å². The third kappa shape index (κ3) is 4.92. The van der Waals surface area contributed by atoms with Crippen molar-refractivity contribution < 1.29 is 22.3 Å². The van der Waals surface area contributed by atoms with Gasteiger partial charge in [0.25, 0.3) is 11.4 Å². The van der Waals surface area contributed by atoms with Crippen molar-refractivity contribution in [3.63, 3.8) is 0 Å². The number of hydrogen-bond donors (Lipinski definition) is 1. The number of halogens is 4. The summed E-state index contributed by atoms with van der Waals surface area (Å²) >= 11 is 0. The van der Waals surface area contributed by atoms with Gasteiger partial charge in [0.15, 0.2) is 5.82 Å². The molecule has 0 unspecified atom stereocenters. The van der Waals surface area contributed by atoms with Crippen LogP contribution in [0.5, 0.6) is 5.88 Å². The summed E-state index contributed by atoms with van der Waals surface area (Å²) in [7, 11) is 1.64. The average Bonchev–Trinajstić information content (AvgIpc) is 3.26. The Morgan fingerprint density at radius 2 is 1.89 bits per heavy atom. The van der Waals surface area contributed by atoms with Gasteiger partial charge in [0.2, 0.25) is 0 Å². The fourth-order valence-corrected chi connectivity index (χ4v) is 4.69. The van der Waals surface area contributed by atoms with Gasteiger partial charge in [-0.3, -0.25) is 9.48 Å². The van der Waals surface area contributed by atoms with Gasteiger partial charge in [0, 0.05) is 43.6 Å². The maximum absolute atomic E-state index is 14.4. The van der Waals surface area contributed by atoms with Gasteiger partial charge in [0.05, 0.1) is 23.3 Å². The second-order valence-electron chi connectivity index (χ2n) is 9.16. The molecule has 38 heavy (non-hydrogen) atoms. The molecular weight excluding hydrogens is 506 g/mol. The highest BCUT2D eigenvalue weighted by Crippen LogP contribution is 2.38. The molecule has 0 spiro atoms. The molecule has 4 aromatic rings. The fraction of sp³-hybridized carbons (Fsp3) is 0.400. The number of nitrogens with zero attached hydrogens (tertiary/aromatic N) is 6. The van der Waals surface area contributed by atoms with Crippen LogP contribution >= 0.6 is 0 Å². The molecule has 1 fully saturated rings. The smallest absolute Gasteiger partial charge is 0.419 e. The maximum atomic E-state index is 14.4. The number of rotatable bonds is 6. The summed E-state index contributed by atoms with van der Waals surface area (Å²) < 4.78 is 62.5. The van der Waals surface area contributed by atoms with Gasteiger partial charge in [0.1, 0.15) is 23.3 Å². The van der Waals surface area contributed by atoms with Crippen molar-refractivity contribution in [1.29, 1.82) is 0 Å². The lowest BCUT2D eigenvalue weighted by Gasteiger charge is -2.29. The molecule has 1 N–H and O–H groups in total. The van der Waals surface area contributed by atoms with Gasteiger partial charge in [-0.25, -0.2) is 19.3 Å². The Morgan fingerprint density at radius 1 is 1.13 bits per heavy atom. The molecule has 1 aliphatic carbocycles. The quantitative estimate of drug-likeness (QED) is 0.359. The molecule has 0 aromatic carbocycles. The van der Waals surface area contributed by atoms with Gasteiger partial charge < -0.3 is 14.6 Å². The number of alkyl halides is 3. The summed E-state index contributed by atoms with van der Waals surface area (Å²) in [6, 6.07) is 2.45. The van der Waals surface area contributed by atoms with E-state index in [0.29, 0.717) is 55.5 Å². The van der Waals surface area contributed by atoms with Crippen LogP contribution in [0.15, 0.2) is 41.7 Å². The molecule has 0 saturated heterocycles. The van der Waals surface area contributed by atoms with Crippen LogP contribution in [0, 0.1) is 5.82 Å². The van der Waals surface area contributed by atoms with Crippen LogP contribution in [0.3, 0.4) is 0 Å². The van der Waals surface area contributed by atoms with Gasteiger partial charge in [-0.1, -0.05) is 0 Å². The molecule has 0 aliphatic heterocycles. The SMILES string of the molecule is CCNc1cc2c(cn1)c(-c1cn(C)c(=O)cn1)nn2C1CCC(Oc2nccc(C(F)(F)F)c2F)CC1. The van der Waals surface area contributed by atoms with Crippen molar-refractivity contribution in [2.75, 3.05) is 11.9 Å². The van der Waals surface area contributed by atoms with Gasteiger partial charge in [-0.15, -0.1) is 0 Å². The Bertz CT molecular complexity index is 1520. The lowest BCUT2D eigenvalue weighted by atomic mass is 9.93. The third-order valence-electron chi connectivity index (χ3n) is 6.60. The van der Waals surface area contributed by atoms with Crippen molar-refractivity contribution in [2.24, 2.45) is 7.05 Å². The minimum Gasteiger partial charge on any atom is -0.472 e. The van der Waals surface area contributed by atoms with Crippen LogP contribution in [0.4, 0.5) is 23.4 Å². The number of ether oxygens (including phenoxy) is 1. The van der Waals surface area contributed by atoms with Gasteiger partial charge >= 0.3 is 6.18 Å². The predicted molar refractivity (Wildman–Crippen MR) is 131 cm³/mol. The van der Waals surface area contributed by atoms with Crippen molar-refractivity contribution in [3.8, 4) is 17.3 Å². The molecule has 200 valence electrons. The summed E-state index contributed by atoms with van der Waals surface area (Å²) in [5.74, 6) is -1.46. The second kappa shape index (κ2) is 10.0. The summed E-state index contributed by atoms with van der Waals surface area (Å²) in [5.41, 5.74) is 0.298. The molecule has 5 rings (SSSR count). The highest BCUT2D eigenvalue weighted by Gasteiger charge is 2.36. The Balaban J connectivity index is 1.41. The van der Waals surface area contributed by atoms with Crippen LogP contribution in [0.1, 0.15) is 44.2 Å². The number of aryl methyl sites for hydroxylation is 1. The van der Waals surface area contributed by atoms with Gasteiger partial charge in [-0.05, 0) is 38.7 Å². The Hall–Kier alpha value is -4.03. The minimum atomic E-state index is -4.83. The molecule has 0 atom stereocenters. The fourth-order valence-electron chi connectivity index (χ4n) is 4.69. The number of anilines is 1. The van der Waals surface area contributed by atoms with E-state index in [1.807, 2.05) is 17.7 Å². The summed E-state index contributed by atoms with van der Waals surface area (Å²) in [6.07, 6.45) is 2.30. The van der Waals surface area contributed by atoms with Gasteiger partial charge in [-0.2, -0.15) is 18.3 Å². The molecule has 4 heterocycles. The van der Waals surface area contributed by atoms with E-state index in [1.54, 1.807) is 19.4 Å². The van der Waals surface area contributed by atoms with E-state index in [1.165, 1.54) is 10.8 Å². The first-order valence-electron chi connectivity index (χ1n) is 12.2. The highest BCUT2D eigenvalue weighted by molar-refractivity contribution is 5.93. The van der Waals surface area contributed by atoms with E-state index in [4.69, 9.17) is 9.84 Å². The van der Waals surface area contributed by atoms with E-state index >= 15 is 0 Å². The number of fused-ring (bicyclic) bond motifs is 1. The zero-order valence-electron chi connectivity index (χ0n) is 20.7. The molecule has 13 heteroatoms. The van der Waals surface area contributed by atoms with Crippen molar-refractivity contribution in [2.45, 2.75) is 50.9 Å². The number of aromatic nitrogens is 6. The normalized spacial score (nSPS) is 18.1. The van der Waals surface area contributed by atoms with Crippen molar-refractivity contribution in [3.05, 3.63) is 58.7 Å². The topological polar surface area (TPSA) is 99.8 Å². The maximum Gasteiger partial charge on any atom is 0.419 e. The minimum absolute atomic E-state index is 0.0465. The first kappa shape index (κ1) is 25.6. The van der Waals surface area contributed by atoms with Crippen LogP contribution in [-0.4, -0.2) is 41.9 Å². The summed E-state index contributed by atoms with van der Waals surface area (Å²) in [5, 5.41) is 8.81. The van der Waals surface area contributed by atoms with E-state index in [-0.39, 0.29) is 11.6 Å². The van der Waals surface area contributed by atoms with E-state index < -0.39 is 29.5 Å². The zero-order valence-corrected chi connectivity index (χ0v) is 20.7. The standard InChI is InChI=1S/C25H25F4N7O2/c1-3-30-20-10-19-16(11-33-20)23(18-13-35(2)21(37)12-32-18)34-36(19)14-4-6-15(7-5-14)38-24-22(26)17(8-9-31-24)25(27,28)29/h8-15H,3-7H2,1-2H3,(H,30,33). The van der Waals surface area contributed by atoms with Crippen LogP contribution in [0.2, 0.25) is 0 Å². The van der Waals surface area contributed by atoms with Crippen molar-refractivity contribution in [1.82, 2.24) is 29.3 Å². The molecule has 0 radical (unpaired) electrons. The Labute approximate surface area is 214 Å². The Morgan fingerprint density at radius 3 is 2.58 bits per heavy atom. The molecule has 0 bridgehead atoms. The predicted octanol–water partition coefficient (Wildman–Crippen LogP) is 4.74. The van der Waals surface area contributed by atoms with E-state index in [2.05, 4.69) is 20.3 Å². The number of hydrogen-bond acceptors (Lipinski definition) is 7. The van der Waals surface area contributed by atoms with E-state index in [0.717, 1.165) is 17.1 Å². The molecule has 4 aromatic heterocycles. The summed E-state index contributed by atoms with van der Waals surface area (Å²) in [6.45, 7) is 2.65. The first-order chi connectivity index (χ1) is 18.2. The number of pyridine rings is 2. The van der Waals surface area contributed by atoms with Crippen LogP contribution < -0.4 is 15.6 Å². The highest BCUT2D eigenvalue weighted by atomic mass is 19.4. The molecule has 1 aliphatic rings. The van der Waals surface area contributed by atoms with Crippen molar-refractivity contribution >= 4 is 16.7 Å². The largest absolute Gasteiger partial charge is 0.472 e. The monoisotopic (exact) mass is 531 g/mol. The molecule has 0 amide bonds. The Kier molecular flexibility index (Phi) is 6.76. The second-order valence-corrected chi connectivity index (χ2v) is 9.16. The van der Waals surface area contributed by atoms with E-state index in [9.17, 15) is 22.4 Å². The lowest BCUT2D eigenvalue weighted by molar-refractivity contribution is -0.140. The molecule has 1 saturated carbocycles. The summed E-state index contributed by atoms with van der Waals surface area (Å²) in [4.78, 5) is 24.3. The third-order valence-corrected chi connectivity index (χ3v) is 6.60. The lowest BCUT2D eigenvalue weighted by Crippen LogP contribution is -2.27. The zero-order chi connectivity index (χ0) is 27.0. The van der Waals surface area contributed by atoms with Crippen LogP contribution in [-0.2, 0) is 13.2 Å². The average molecular weight is 532 g/mol.